The number of benzene rings is 2. The summed E-state index contributed by atoms with van der Waals surface area (Å²) in [6, 6.07) is 14.6. The molecule has 3 heteroatoms. The lowest BCUT2D eigenvalue weighted by atomic mass is 10.0. The second kappa shape index (κ2) is 6.64. The number of rotatable bonds is 5. The fraction of sp³-hybridized carbons (Fsp3) is 0.333. The van der Waals surface area contributed by atoms with Gasteiger partial charge in [0, 0.05) is 23.8 Å². The van der Waals surface area contributed by atoms with Crippen LogP contribution >= 0.6 is 0 Å². The van der Waals surface area contributed by atoms with Crippen LogP contribution < -0.4 is 10.5 Å². The third kappa shape index (κ3) is 3.76. The summed E-state index contributed by atoms with van der Waals surface area (Å²) in [5, 5.41) is 0. The van der Waals surface area contributed by atoms with Crippen LogP contribution in [-0.4, -0.2) is 19.1 Å². The summed E-state index contributed by atoms with van der Waals surface area (Å²) >= 11 is 0. The summed E-state index contributed by atoms with van der Waals surface area (Å²) < 4.78 is 5.46. The number of nitrogen functional groups attached to an aromatic ring is 1. The van der Waals surface area contributed by atoms with Crippen LogP contribution in [0.3, 0.4) is 0 Å². The average molecular weight is 284 g/mol. The smallest absolute Gasteiger partial charge is 0.123 e. The van der Waals surface area contributed by atoms with Gasteiger partial charge < -0.3 is 10.5 Å². The summed E-state index contributed by atoms with van der Waals surface area (Å²) in [5.74, 6) is 0.937. The molecule has 0 amide bonds. The monoisotopic (exact) mass is 284 g/mol. The molecule has 2 aromatic carbocycles. The zero-order chi connectivity index (χ0) is 15.4. The number of hydrogen-bond acceptors (Lipinski definition) is 3. The molecule has 2 rings (SSSR count). The van der Waals surface area contributed by atoms with Gasteiger partial charge in [-0.15, -0.1) is 0 Å². The fourth-order valence-corrected chi connectivity index (χ4v) is 2.51. The van der Waals surface area contributed by atoms with E-state index in [0.717, 1.165) is 18.0 Å². The summed E-state index contributed by atoms with van der Waals surface area (Å²) in [4.78, 5) is 2.30. The van der Waals surface area contributed by atoms with Gasteiger partial charge in [-0.2, -0.15) is 0 Å². The zero-order valence-corrected chi connectivity index (χ0v) is 13.3. The van der Waals surface area contributed by atoms with E-state index in [1.54, 1.807) is 7.11 Å². The Morgan fingerprint density at radius 2 is 1.95 bits per heavy atom. The van der Waals surface area contributed by atoms with Gasteiger partial charge in [0.25, 0.3) is 0 Å². The summed E-state index contributed by atoms with van der Waals surface area (Å²) in [5.41, 5.74) is 10.4. The number of ether oxygens (including phenoxy) is 1. The second-order valence-corrected chi connectivity index (χ2v) is 5.58. The quantitative estimate of drug-likeness (QED) is 0.849. The molecule has 2 aromatic rings. The third-order valence-electron chi connectivity index (χ3n) is 3.91. The van der Waals surface area contributed by atoms with Crippen molar-refractivity contribution < 1.29 is 4.74 Å². The van der Waals surface area contributed by atoms with Gasteiger partial charge in [0.2, 0.25) is 0 Å². The molecule has 0 aliphatic heterocycles. The van der Waals surface area contributed by atoms with Crippen molar-refractivity contribution in [3.05, 3.63) is 59.2 Å². The summed E-state index contributed by atoms with van der Waals surface area (Å²) in [7, 11) is 3.84. The zero-order valence-electron chi connectivity index (χ0n) is 13.3. The molecule has 0 saturated carbocycles. The van der Waals surface area contributed by atoms with Crippen LogP contribution in [-0.2, 0) is 6.54 Å². The van der Waals surface area contributed by atoms with Crippen LogP contribution in [0.4, 0.5) is 5.69 Å². The molecule has 0 aromatic heterocycles. The number of hydrogen-bond donors (Lipinski definition) is 1. The number of methoxy groups -OCH3 is 1. The van der Waals surface area contributed by atoms with Gasteiger partial charge >= 0.3 is 0 Å². The van der Waals surface area contributed by atoms with Crippen LogP contribution in [0.5, 0.6) is 5.75 Å². The van der Waals surface area contributed by atoms with Crippen molar-refractivity contribution in [2.24, 2.45) is 0 Å². The molecule has 0 heterocycles. The Morgan fingerprint density at radius 3 is 2.62 bits per heavy atom. The summed E-state index contributed by atoms with van der Waals surface area (Å²) in [6.45, 7) is 5.13. The highest BCUT2D eigenvalue weighted by Gasteiger charge is 2.14. The highest BCUT2D eigenvalue weighted by molar-refractivity contribution is 5.42. The molecule has 3 nitrogen and oxygen atoms in total. The Kier molecular flexibility index (Phi) is 4.86. The lowest BCUT2D eigenvalue weighted by Crippen LogP contribution is -2.22. The molecule has 0 aliphatic rings. The Morgan fingerprint density at radius 1 is 1.19 bits per heavy atom. The molecule has 1 unspecified atom stereocenters. The largest absolute Gasteiger partial charge is 0.496 e. The lowest BCUT2D eigenvalue weighted by molar-refractivity contribution is 0.249. The van der Waals surface area contributed by atoms with Gasteiger partial charge in [0.1, 0.15) is 5.75 Å². The Balaban J connectivity index is 2.17. The molecule has 1 atom stereocenters. The maximum Gasteiger partial charge on any atom is 0.123 e. The molecule has 0 fully saturated rings. The average Bonchev–Trinajstić information content (AvgIpc) is 2.46. The van der Waals surface area contributed by atoms with Crippen molar-refractivity contribution >= 4 is 5.69 Å². The van der Waals surface area contributed by atoms with E-state index in [2.05, 4.69) is 44.0 Å². The maximum atomic E-state index is 5.88. The first kappa shape index (κ1) is 15.4. The molecular formula is C18H24N2O. The van der Waals surface area contributed by atoms with Crippen molar-refractivity contribution in [3.63, 3.8) is 0 Å². The minimum absolute atomic E-state index is 0.290. The standard InChI is InChI=1S/C18H24N2O/c1-13-8-9-18(21-4)16(10-13)12-20(3)14(2)15-6-5-7-17(19)11-15/h5-11,14H,12,19H2,1-4H3. The van der Waals surface area contributed by atoms with Crippen LogP contribution in [0.15, 0.2) is 42.5 Å². The predicted octanol–water partition coefficient (Wildman–Crippen LogP) is 3.78. The highest BCUT2D eigenvalue weighted by Crippen LogP contribution is 2.26. The Hall–Kier alpha value is -2.00. The molecule has 0 radical (unpaired) electrons. The number of nitrogens with zero attached hydrogens (tertiary/aromatic N) is 1. The SMILES string of the molecule is COc1ccc(C)cc1CN(C)C(C)c1cccc(N)c1. The van der Waals surface area contributed by atoms with Crippen LogP contribution in [0.25, 0.3) is 0 Å². The van der Waals surface area contributed by atoms with E-state index in [4.69, 9.17) is 10.5 Å². The van der Waals surface area contributed by atoms with Gasteiger partial charge in [-0.1, -0.05) is 29.8 Å². The van der Waals surface area contributed by atoms with Gasteiger partial charge in [-0.05, 0) is 44.7 Å². The number of anilines is 1. The van der Waals surface area contributed by atoms with Crippen molar-refractivity contribution in [3.8, 4) is 5.75 Å². The van der Waals surface area contributed by atoms with Gasteiger partial charge in [-0.25, -0.2) is 0 Å². The van der Waals surface area contributed by atoms with Crippen molar-refractivity contribution in [2.45, 2.75) is 26.4 Å². The molecule has 112 valence electrons. The first-order valence-corrected chi connectivity index (χ1v) is 7.20. The van der Waals surface area contributed by atoms with Gasteiger partial charge in [0.15, 0.2) is 0 Å². The van der Waals surface area contributed by atoms with Crippen LogP contribution in [0, 0.1) is 6.92 Å². The molecule has 0 spiro atoms. The van der Waals surface area contributed by atoms with Crippen LogP contribution in [0.2, 0.25) is 0 Å². The number of nitrogens with two attached hydrogens (primary N) is 1. The first-order chi connectivity index (χ1) is 10.0. The van der Waals surface area contributed by atoms with E-state index in [1.807, 2.05) is 24.3 Å². The maximum absolute atomic E-state index is 5.88. The lowest BCUT2D eigenvalue weighted by Gasteiger charge is -2.26. The van der Waals surface area contributed by atoms with E-state index in [0.29, 0.717) is 6.04 Å². The molecule has 0 saturated heterocycles. The minimum Gasteiger partial charge on any atom is -0.496 e. The number of aryl methyl sites for hydroxylation is 1. The van der Waals surface area contributed by atoms with Crippen molar-refractivity contribution in [2.75, 3.05) is 19.9 Å². The molecule has 0 bridgehead atoms. The topological polar surface area (TPSA) is 38.5 Å². The van der Waals surface area contributed by atoms with E-state index < -0.39 is 0 Å². The van der Waals surface area contributed by atoms with E-state index in [9.17, 15) is 0 Å². The molecular weight excluding hydrogens is 260 g/mol. The summed E-state index contributed by atoms with van der Waals surface area (Å²) in [6.07, 6.45) is 0. The van der Waals surface area contributed by atoms with E-state index >= 15 is 0 Å². The van der Waals surface area contributed by atoms with E-state index in [1.165, 1.54) is 16.7 Å². The third-order valence-corrected chi connectivity index (χ3v) is 3.91. The minimum atomic E-state index is 0.290. The first-order valence-electron chi connectivity index (χ1n) is 7.20. The van der Waals surface area contributed by atoms with Crippen molar-refractivity contribution in [1.29, 1.82) is 0 Å². The van der Waals surface area contributed by atoms with Crippen LogP contribution in [0.1, 0.15) is 29.7 Å². The highest BCUT2D eigenvalue weighted by atomic mass is 16.5. The Labute approximate surface area is 127 Å². The van der Waals surface area contributed by atoms with Gasteiger partial charge in [-0.3, -0.25) is 4.90 Å². The second-order valence-electron chi connectivity index (χ2n) is 5.58. The molecule has 0 aliphatic carbocycles. The Bertz CT molecular complexity index is 610. The molecule has 21 heavy (non-hydrogen) atoms. The van der Waals surface area contributed by atoms with E-state index in [-0.39, 0.29) is 0 Å². The fourth-order valence-electron chi connectivity index (χ4n) is 2.51. The predicted molar refractivity (Wildman–Crippen MR) is 88.5 cm³/mol. The van der Waals surface area contributed by atoms with Gasteiger partial charge in [0.05, 0.1) is 7.11 Å². The molecule has 2 N–H and O–H groups in total. The van der Waals surface area contributed by atoms with Crippen molar-refractivity contribution in [1.82, 2.24) is 4.90 Å². The normalized spacial score (nSPS) is 12.4.